The summed E-state index contributed by atoms with van der Waals surface area (Å²) in [6.45, 7) is 7.12. The number of nitrogens with one attached hydrogen (secondary N) is 2. The number of morpholine rings is 1. The highest BCUT2D eigenvalue weighted by molar-refractivity contribution is 7.89. The van der Waals surface area contributed by atoms with E-state index in [2.05, 4.69) is 19.6 Å². The second kappa shape index (κ2) is 8.61. The van der Waals surface area contributed by atoms with E-state index in [4.69, 9.17) is 4.74 Å². The molecule has 1 aromatic heterocycles. The Morgan fingerprint density at radius 3 is 2.77 bits per heavy atom. The van der Waals surface area contributed by atoms with E-state index in [9.17, 15) is 8.42 Å². The van der Waals surface area contributed by atoms with Crippen LogP contribution in [0.1, 0.15) is 32.0 Å². The standard InChI is InChI=1S/C14H26N4O3S/c1-2-13-15-12-14(17-13)22(19,20)16-6-4-3-5-7-18-8-10-21-11-9-18/h12,16H,2-11H2,1H3,(H,15,17). The van der Waals surface area contributed by atoms with Crippen LogP contribution < -0.4 is 4.72 Å². The normalized spacial score (nSPS) is 17.0. The summed E-state index contributed by atoms with van der Waals surface area (Å²) < 4.78 is 32.0. The minimum Gasteiger partial charge on any atom is -0.379 e. The summed E-state index contributed by atoms with van der Waals surface area (Å²) in [7, 11) is -3.45. The van der Waals surface area contributed by atoms with Crippen LogP contribution in [0.3, 0.4) is 0 Å². The van der Waals surface area contributed by atoms with E-state index in [0.717, 1.165) is 52.1 Å². The van der Waals surface area contributed by atoms with Crippen LogP contribution in [0, 0.1) is 0 Å². The molecule has 0 saturated carbocycles. The van der Waals surface area contributed by atoms with Gasteiger partial charge in [-0.2, -0.15) is 0 Å². The molecule has 2 rings (SSSR count). The molecule has 126 valence electrons. The lowest BCUT2D eigenvalue weighted by atomic mass is 10.2. The van der Waals surface area contributed by atoms with Gasteiger partial charge >= 0.3 is 0 Å². The third-order valence-electron chi connectivity index (χ3n) is 3.78. The number of aromatic amines is 1. The Bertz CT molecular complexity index is 538. The summed E-state index contributed by atoms with van der Waals surface area (Å²) in [5.41, 5.74) is 0. The molecule has 0 atom stereocenters. The average Bonchev–Trinajstić information content (AvgIpc) is 3.02. The zero-order chi connectivity index (χ0) is 15.8. The lowest BCUT2D eigenvalue weighted by molar-refractivity contribution is 0.0371. The van der Waals surface area contributed by atoms with Gasteiger partial charge in [0.25, 0.3) is 10.0 Å². The van der Waals surface area contributed by atoms with Crippen molar-refractivity contribution in [1.29, 1.82) is 0 Å². The Morgan fingerprint density at radius 1 is 1.32 bits per heavy atom. The lowest BCUT2D eigenvalue weighted by Crippen LogP contribution is -2.36. The van der Waals surface area contributed by atoms with Crippen LogP contribution in [-0.2, 0) is 21.2 Å². The monoisotopic (exact) mass is 330 g/mol. The fourth-order valence-electron chi connectivity index (χ4n) is 2.41. The molecule has 0 radical (unpaired) electrons. The number of aromatic nitrogens is 2. The van der Waals surface area contributed by atoms with Crippen LogP contribution in [-0.4, -0.2) is 62.7 Å². The maximum atomic E-state index is 12.0. The summed E-state index contributed by atoms with van der Waals surface area (Å²) in [6.07, 6.45) is 5.02. The van der Waals surface area contributed by atoms with Crippen molar-refractivity contribution < 1.29 is 13.2 Å². The van der Waals surface area contributed by atoms with Crippen molar-refractivity contribution in [2.45, 2.75) is 37.6 Å². The van der Waals surface area contributed by atoms with Gasteiger partial charge in [0.1, 0.15) is 5.82 Å². The van der Waals surface area contributed by atoms with Crippen molar-refractivity contribution >= 4 is 10.0 Å². The maximum absolute atomic E-state index is 12.0. The predicted molar refractivity (Wildman–Crippen MR) is 84.3 cm³/mol. The molecule has 0 amide bonds. The van der Waals surface area contributed by atoms with Gasteiger partial charge in [-0.1, -0.05) is 13.3 Å². The molecule has 1 saturated heterocycles. The minimum atomic E-state index is -3.45. The van der Waals surface area contributed by atoms with Crippen molar-refractivity contribution in [1.82, 2.24) is 19.6 Å². The largest absolute Gasteiger partial charge is 0.379 e. The number of hydrogen-bond donors (Lipinski definition) is 2. The third-order valence-corrected chi connectivity index (χ3v) is 5.15. The smallest absolute Gasteiger partial charge is 0.257 e. The molecule has 22 heavy (non-hydrogen) atoms. The Morgan fingerprint density at radius 2 is 2.09 bits per heavy atom. The highest BCUT2D eigenvalue weighted by Gasteiger charge is 2.16. The van der Waals surface area contributed by atoms with Gasteiger partial charge in [-0.3, -0.25) is 4.90 Å². The Labute approximate surface area is 132 Å². The van der Waals surface area contributed by atoms with E-state index >= 15 is 0 Å². The Kier molecular flexibility index (Phi) is 6.81. The summed E-state index contributed by atoms with van der Waals surface area (Å²) in [5, 5.41) is 0.151. The highest BCUT2D eigenvalue weighted by Crippen LogP contribution is 2.06. The molecule has 0 spiro atoms. The molecule has 0 aliphatic carbocycles. The van der Waals surface area contributed by atoms with Gasteiger partial charge in [0.2, 0.25) is 0 Å². The van der Waals surface area contributed by atoms with Crippen molar-refractivity contribution in [2.75, 3.05) is 39.4 Å². The number of hydrogen-bond acceptors (Lipinski definition) is 5. The Balaban J connectivity index is 1.61. The summed E-state index contributed by atoms with van der Waals surface area (Å²) in [5.74, 6) is 0.686. The number of ether oxygens (including phenoxy) is 1. The Hall–Kier alpha value is -0.960. The molecule has 1 aliphatic heterocycles. The first kappa shape index (κ1) is 17.4. The predicted octanol–water partition coefficient (Wildman–Crippen LogP) is 0.753. The second-order valence-corrected chi connectivity index (χ2v) is 7.20. The van der Waals surface area contributed by atoms with Gasteiger partial charge in [-0.15, -0.1) is 0 Å². The van der Waals surface area contributed by atoms with E-state index in [1.165, 1.54) is 6.20 Å². The second-order valence-electron chi connectivity index (χ2n) is 5.46. The molecule has 8 heteroatoms. The maximum Gasteiger partial charge on any atom is 0.257 e. The van der Waals surface area contributed by atoms with Crippen LogP contribution in [0.25, 0.3) is 0 Å². The van der Waals surface area contributed by atoms with Crippen molar-refractivity contribution in [3.63, 3.8) is 0 Å². The number of aryl methyl sites for hydroxylation is 1. The summed E-state index contributed by atoms with van der Waals surface area (Å²) in [4.78, 5) is 9.23. The first-order valence-corrected chi connectivity index (χ1v) is 9.44. The molecule has 1 aliphatic rings. The molecule has 2 heterocycles. The molecule has 0 aromatic carbocycles. The van der Waals surface area contributed by atoms with E-state index in [0.29, 0.717) is 18.8 Å². The van der Waals surface area contributed by atoms with E-state index in [-0.39, 0.29) is 5.03 Å². The quantitative estimate of drug-likeness (QED) is 0.653. The third kappa shape index (κ3) is 5.35. The average molecular weight is 330 g/mol. The number of sulfonamides is 1. The highest BCUT2D eigenvalue weighted by atomic mass is 32.2. The molecular weight excluding hydrogens is 304 g/mol. The molecule has 0 unspecified atom stereocenters. The van der Waals surface area contributed by atoms with Gasteiger partial charge < -0.3 is 9.72 Å². The van der Waals surface area contributed by atoms with Crippen molar-refractivity contribution in [2.24, 2.45) is 0 Å². The lowest BCUT2D eigenvalue weighted by Gasteiger charge is -2.26. The van der Waals surface area contributed by atoms with Crippen LogP contribution in [0.15, 0.2) is 11.2 Å². The fourth-order valence-corrected chi connectivity index (χ4v) is 3.42. The first-order valence-electron chi connectivity index (χ1n) is 7.95. The molecule has 1 fully saturated rings. The number of unbranched alkanes of at least 4 members (excludes halogenated alkanes) is 2. The topological polar surface area (TPSA) is 87.3 Å². The molecule has 0 bridgehead atoms. The summed E-state index contributed by atoms with van der Waals surface area (Å²) >= 11 is 0. The van der Waals surface area contributed by atoms with Crippen molar-refractivity contribution in [3.8, 4) is 0 Å². The van der Waals surface area contributed by atoms with Gasteiger partial charge in [0.15, 0.2) is 5.03 Å². The van der Waals surface area contributed by atoms with Gasteiger partial charge in [-0.25, -0.2) is 18.1 Å². The molecule has 7 nitrogen and oxygen atoms in total. The number of H-pyrrole nitrogens is 1. The zero-order valence-electron chi connectivity index (χ0n) is 13.2. The van der Waals surface area contributed by atoms with Crippen LogP contribution in [0.5, 0.6) is 0 Å². The molecular formula is C14H26N4O3S. The number of rotatable bonds is 9. The van der Waals surface area contributed by atoms with E-state index in [1.807, 2.05) is 6.92 Å². The fraction of sp³-hybridized carbons (Fsp3) is 0.786. The van der Waals surface area contributed by atoms with Crippen LogP contribution in [0.4, 0.5) is 0 Å². The number of nitrogens with zero attached hydrogens (tertiary/aromatic N) is 2. The molecule has 1 aromatic rings. The number of imidazole rings is 1. The van der Waals surface area contributed by atoms with E-state index in [1.54, 1.807) is 0 Å². The van der Waals surface area contributed by atoms with Gasteiger partial charge in [-0.05, 0) is 19.4 Å². The van der Waals surface area contributed by atoms with Crippen molar-refractivity contribution in [3.05, 3.63) is 12.0 Å². The SMILES string of the molecule is CCc1ncc(S(=O)(=O)NCCCCCN2CCOCC2)[nH]1. The van der Waals surface area contributed by atoms with Crippen LogP contribution in [0.2, 0.25) is 0 Å². The first-order chi connectivity index (χ1) is 10.6. The zero-order valence-corrected chi connectivity index (χ0v) is 14.0. The van der Waals surface area contributed by atoms with E-state index < -0.39 is 10.0 Å². The minimum absolute atomic E-state index is 0.151. The summed E-state index contributed by atoms with van der Waals surface area (Å²) in [6, 6.07) is 0. The van der Waals surface area contributed by atoms with Crippen LogP contribution >= 0.6 is 0 Å². The van der Waals surface area contributed by atoms with Gasteiger partial charge in [0.05, 0.1) is 19.4 Å². The van der Waals surface area contributed by atoms with Gasteiger partial charge in [0, 0.05) is 26.1 Å². The molecule has 2 N–H and O–H groups in total.